The summed E-state index contributed by atoms with van der Waals surface area (Å²) < 4.78 is 17.8. The van der Waals surface area contributed by atoms with Crippen LogP contribution in [0.15, 0.2) is 76.5 Å². The molecule has 1 atom stereocenters. The van der Waals surface area contributed by atoms with Gasteiger partial charge in [-0.15, -0.1) is 0 Å². The number of thioether (sulfide) groups is 1. The molecule has 0 aromatic heterocycles. The van der Waals surface area contributed by atoms with Crippen molar-refractivity contribution in [3.05, 3.63) is 93.9 Å². The molecule has 0 fully saturated rings. The van der Waals surface area contributed by atoms with Crippen LogP contribution in [0.3, 0.4) is 0 Å². The summed E-state index contributed by atoms with van der Waals surface area (Å²) in [5.74, 6) is -0.877. The second-order valence-electron chi connectivity index (χ2n) is 12.4. The lowest BCUT2D eigenvalue weighted by molar-refractivity contribution is -0.151. The number of fused-ring (bicyclic) bond motifs is 1. The molecule has 1 N–H and O–H groups in total. The van der Waals surface area contributed by atoms with Crippen LogP contribution in [0, 0.1) is 0 Å². The molecule has 3 aromatic rings. The number of ether oxygens (including phenoxy) is 3. The molecule has 4 rings (SSSR count). The number of para-hydroxylation sites is 1. The van der Waals surface area contributed by atoms with Gasteiger partial charge in [0, 0.05) is 22.6 Å². The third-order valence-corrected chi connectivity index (χ3v) is 8.05. The van der Waals surface area contributed by atoms with E-state index in [1.807, 2.05) is 60.7 Å². The van der Waals surface area contributed by atoms with Gasteiger partial charge in [0.15, 0.2) is 6.79 Å². The van der Waals surface area contributed by atoms with Gasteiger partial charge in [-0.2, -0.15) is 0 Å². The summed E-state index contributed by atoms with van der Waals surface area (Å²) in [7, 11) is 0. The summed E-state index contributed by atoms with van der Waals surface area (Å²) >= 11 is 1.33. The Labute approximate surface area is 258 Å². The zero-order chi connectivity index (χ0) is 31.4. The van der Waals surface area contributed by atoms with Gasteiger partial charge in [0.2, 0.25) is 6.23 Å². The standard InChI is InChI=1S/C35H41NO6S/c1-8-41-32(33(38)39)36-27-16-12-13-17-28(27)43-29(31(36)37)20-24-18-25(34(2,3)4)30(26(19-24)35(5,6)7)42-22-40-21-23-14-10-9-11-15-23/h9-20,32H,8,21-22H2,1-7H3,(H,38,39). The molecule has 3 aromatic carbocycles. The number of hydrogen-bond acceptors (Lipinski definition) is 6. The SMILES string of the molecule is CCOC(C(=O)O)N1C(=O)C(=Cc2cc(C(C)(C)C)c(OCOCc3ccccc3)c(C(C)(C)C)c2)Sc2ccccc21. The van der Waals surface area contributed by atoms with E-state index in [1.54, 1.807) is 19.1 Å². The maximum Gasteiger partial charge on any atom is 0.354 e. The fraction of sp³-hybridized carbons (Fsp3) is 0.371. The monoisotopic (exact) mass is 603 g/mol. The molecule has 1 amide bonds. The zero-order valence-electron chi connectivity index (χ0n) is 26.0. The quantitative estimate of drug-likeness (QED) is 0.144. The number of hydrogen-bond donors (Lipinski definition) is 1. The van der Waals surface area contributed by atoms with E-state index >= 15 is 0 Å². The van der Waals surface area contributed by atoms with Crippen molar-refractivity contribution >= 4 is 35.4 Å². The highest BCUT2D eigenvalue weighted by Gasteiger charge is 2.38. The number of amides is 1. The van der Waals surface area contributed by atoms with Crippen molar-refractivity contribution in [2.24, 2.45) is 0 Å². The lowest BCUT2D eigenvalue weighted by atomic mass is 9.78. The first-order chi connectivity index (χ1) is 20.3. The summed E-state index contributed by atoms with van der Waals surface area (Å²) in [6.07, 6.45) is 0.394. The molecule has 0 saturated carbocycles. The van der Waals surface area contributed by atoms with Crippen molar-refractivity contribution in [2.45, 2.75) is 77.0 Å². The van der Waals surface area contributed by atoms with Gasteiger partial charge in [-0.3, -0.25) is 9.69 Å². The van der Waals surface area contributed by atoms with Crippen molar-refractivity contribution in [1.29, 1.82) is 0 Å². The minimum atomic E-state index is -1.44. The smallest absolute Gasteiger partial charge is 0.354 e. The van der Waals surface area contributed by atoms with Crippen LogP contribution in [0.5, 0.6) is 5.75 Å². The summed E-state index contributed by atoms with van der Waals surface area (Å²) in [4.78, 5) is 28.5. The lowest BCUT2D eigenvalue weighted by Crippen LogP contribution is -2.48. The van der Waals surface area contributed by atoms with Crippen LogP contribution in [0.1, 0.15) is 70.7 Å². The van der Waals surface area contributed by atoms with E-state index in [4.69, 9.17) is 14.2 Å². The second kappa shape index (κ2) is 13.4. The first-order valence-corrected chi connectivity index (χ1v) is 15.2. The first kappa shape index (κ1) is 32.3. The molecule has 1 heterocycles. The molecule has 0 radical (unpaired) electrons. The van der Waals surface area contributed by atoms with Crippen molar-refractivity contribution in [1.82, 2.24) is 0 Å². The van der Waals surface area contributed by atoms with Crippen molar-refractivity contribution < 1.29 is 28.9 Å². The Morgan fingerprint density at radius 2 is 1.56 bits per heavy atom. The molecule has 43 heavy (non-hydrogen) atoms. The average molecular weight is 604 g/mol. The van der Waals surface area contributed by atoms with Gasteiger partial charge in [-0.05, 0) is 59.2 Å². The van der Waals surface area contributed by atoms with Gasteiger partial charge in [0.25, 0.3) is 5.91 Å². The molecule has 1 unspecified atom stereocenters. The highest BCUT2D eigenvalue weighted by molar-refractivity contribution is 8.04. The van der Waals surface area contributed by atoms with Crippen LogP contribution in [-0.2, 0) is 36.5 Å². The predicted molar refractivity (Wildman–Crippen MR) is 171 cm³/mol. The number of aliphatic carboxylic acids is 1. The summed E-state index contributed by atoms with van der Waals surface area (Å²) in [6.45, 7) is 15.1. The third kappa shape index (κ3) is 7.68. The Bertz CT molecular complexity index is 1450. The number of carbonyl (C=O) groups excluding carboxylic acids is 1. The Morgan fingerprint density at radius 1 is 0.953 bits per heavy atom. The van der Waals surface area contributed by atoms with Gasteiger partial charge in [0.05, 0.1) is 17.2 Å². The number of carboxylic acid groups (broad SMARTS) is 1. The topological polar surface area (TPSA) is 85.3 Å². The van der Waals surface area contributed by atoms with Crippen molar-refractivity contribution in [3.63, 3.8) is 0 Å². The average Bonchev–Trinajstić information content (AvgIpc) is 2.94. The van der Waals surface area contributed by atoms with Gasteiger partial charge in [-0.1, -0.05) is 95.8 Å². The number of anilines is 1. The molecule has 0 spiro atoms. The summed E-state index contributed by atoms with van der Waals surface area (Å²) in [5, 5.41) is 9.94. The van der Waals surface area contributed by atoms with Crippen LogP contribution in [0.4, 0.5) is 5.69 Å². The van der Waals surface area contributed by atoms with Gasteiger partial charge in [-0.25, -0.2) is 4.79 Å². The maximum absolute atomic E-state index is 13.9. The van der Waals surface area contributed by atoms with E-state index in [1.165, 1.54) is 16.7 Å². The number of rotatable bonds is 10. The van der Waals surface area contributed by atoms with E-state index in [9.17, 15) is 14.7 Å². The number of nitrogens with zero attached hydrogens (tertiary/aromatic N) is 1. The first-order valence-electron chi connectivity index (χ1n) is 14.4. The zero-order valence-corrected chi connectivity index (χ0v) is 26.8. The number of carboxylic acids is 1. The van der Waals surface area contributed by atoms with Crippen molar-refractivity contribution in [3.8, 4) is 5.75 Å². The molecule has 7 nitrogen and oxygen atoms in total. The molecule has 0 saturated heterocycles. The fourth-order valence-electron chi connectivity index (χ4n) is 4.86. The van der Waals surface area contributed by atoms with E-state index in [0.29, 0.717) is 17.2 Å². The second-order valence-corrected chi connectivity index (χ2v) is 13.5. The molecule has 1 aliphatic rings. The normalized spacial score (nSPS) is 15.4. The Hall–Kier alpha value is -3.59. The van der Waals surface area contributed by atoms with Crippen LogP contribution in [0.25, 0.3) is 6.08 Å². The highest BCUT2D eigenvalue weighted by atomic mass is 32.2. The summed E-state index contributed by atoms with van der Waals surface area (Å²) in [5.41, 5.74) is 3.81. The Morgan fingerprint density at radius 3 is 2.14 bits per heavy atom. The maximum atomic E-state index is 13.9. The number of benzene rings is 3. The molecule has 8 heteroatoms. The Kier molecular flexibility index (Phi) is 10.1. The largest absolute Gasteiger partial charge is 0.478 e. The van der Waals surface area contributed by atoms with E-state index in [2.05, 4.69) is 41.5 Å². The predicted octanol–water partition coefficient (Wildman–Crippen LogP) is 7.76. The highest BCUT2D eigenvalue weighted by Crippen LogP contribution is 2.45. The van der Waals surface area contributed by atoms with Crippen LogP contribution in [0.2, 0.25) is 0 Å². The van der Waals surface area contributed by atoms with Crippen molar-refractivity contribution in [2.75, 3.05) is 18.3 Å². The summed E-state index contributed by atoms with van der Waals surface area (Å²) in [6, 6.07) is 21.3. The molecule has 228 valence electrons. The van der Waals surface area contributed by atoms with Gasteiger partial charge in [0.1, 0.15) is 5.75 Å². The van der Waals surface area contributed by atoms with Crippen LogP contribution >= 0.6 is 11.8 Å². The Balaban J connectivity index is 1.75. The third-order valence-electron chi connectivity index (χ3n) is 6.97. The molecule has 1 aliphatic heterocycles. The molecule has 0 bridgehead atoms. The lowest BCUT2D eigenvalue weighted by Gasteiger charge is -2.34. The van der Waals surface area contributed by atoms with E-state index in [-0.39, 0.29) is 24.2 Å². The fourth-order valence-corrected chi connectivity index (χ4v) is 5.90. The minimum absolute atomic E-state index is 0.0928. The van der Waals surface area contributed by atoms with E-state index in [0.717, 1.165) is 32.9 Å². The van der Waals surface area contributed by atoms with Crippen LogP contribution in [-0.4, -0.2) is 36.6 Å². The molecular weight excluding hydrogens is 562 g/mol. The number of carbonyl (C=O) groups is 2. The van der Waals surface area contributed by atoms with Crippen LogP contribution < -0.4 is 9.64 Å². The minimum Gasteiger partial charge on any atom is -0.478 e. The van der Waals surface area contributed by atoms with Gasteiger partial charge < -0.3 is 19.3 Å². The van der Waals surface area contributed by atoms with Gasteiger partial charge >= 0.3 is 5.97 Å². The van der Waals surface area contributed by atoms with E-state index < -0.39 is 18.1 Å². The molecular formula is C35H41NO6S. The molecule has 0 aliphatic carbocycles.